The van der Waals surface area contributed by atoms with Crippen LogP contribution in [0.4, 0.5) is 0 Å². The molecule has 1 saturated carbocycles. The third-order valence-corrected chi connectivity index (χ3v) is 4.87. The molecule has 0 radical (unpaired) electrons. The van der Waals surface area contributed by atoms with Crippen molar-refractivity contribution in [2.24, 2.45) is 11.8 Å². The summed E-state index contributed by atoms with van der Waals surface area (Å²) in [6.07, 6.45) is 2.89. The summed E-state index contributed by atoms with van der Waals surface area (Å²) in [6.45, 7) is 0.720. The average molecular weight is 280 g/mol. The minimum atomic E-state index is -0.763. The van der Waals surface area contributed by atoms with Crippen LogP contribution in [0.5, 0.6) is 0 Å². The van der Waals surface area contributed by atoms with Crippen LogP contribution in [0.1, 0.15) is 25.0 Å². The van der Waals surface area contributed by atoms with Crippen molar-refractivity contribution >= 4 is 23.2 Å². The van der Waals surface area contributed by atoms with Crippen molar-refractivity contribution in [3.63, 3.8) is 0 Å². The van der Waals surface area contributed by atoms with E-state index < -0.39 is 5.97 Å². The largest absolute Gasteiger partial charge is 0.481 e. The van der Waals surface area contributed by atoms with Crippen molar-refractivity contribution in [1.82, 2.24) is 9.88 Å². The summed E-state index contributed by atoms with van der Waals surface area (Å²) in [5, 5.41) is 11.1. The van der Waals surface area contributed by atoms with Crippen LogP contribution in [0.15, 0.2) is 10.9 Å². The molecule has 102 valence electrons. The Morgan fingerprint density at radius 2 is 2.32 bits per heavy atom. The summed E-state index contributed by atoms with van der Waals surface area (Å²) >= 11 is 1.47. The van der Waals surface area contributed by atoms with Gasteiger partial charge in [-0.3, -0.25) is 9.59 Å². The van der Waals surface area contributed by atoms with Gasteiger partial charge in [0.25, 0.3) is 0 Å². The maximum Gasteiger partial charge on any atom is 0.308 e. The van der Waals surface area contributed by atoms with Crippen LogP contribution < -0.4 is 0 Å². The summed E-state index contributed by atoms with van der Waals surface area (Å²) in [4.78, 5) is 29.5. The predicted octanol–water partition coefficient (Wildman–Crippen LogP) is 1.40. The Kier molecular flexibility index (Phi) is 3.26. The summed E-state index contributed by atoms with van der Waals surface area (Å²) in [5.41, 5.74) is 2.49. The van der Waals surface area contributed by atoms with Crippen molar-refractivity contribution in [2.75, 3.05) is 6.54 Å². The number of rotatable bonds is 3. The van der Waals surface area contributed by atoms with E-state index in [1.165, 1.54) is 11.3 Å². The lowest BCUT2D eigenvalue weighted by molar-refractivity contribution is -0.155. The molecule has 3 atom stereocenters. The number of amides is 1. The van der Waals surface area contributed by atoms with Gasteiger partial charge in [0.05, 0.1) is 23.5 Å². The first-order valence-electron chi connectivity index (χ1n) is 6.54. The molecule has 1 aromatic rings. The fraction of sp³-hybridized carbons (Fsp3) is 0.615. The molecular formula is C13H16N2O3S. The third kappa shape index (κ3) is 2.36. The van der Waals surface area contributed by atoms with Gasteiger partial charge in [0.2, 0.25) is 5.91 Å². The van der Waals surface area contributed by atoms with Gasteiger partial charge in [0.1, 0.15) is 0 Å². The van der Waals surface area contributed by atoms with Crippen LogP contribution >= 0.6 is 11.3 Å². The van der Waals surface area contributed by atoms with Gasteiger partial charge in [-0.05, 0) is 25.2 Å². The lowest BCUT2D eigenvalue weighted by atomic mass is 9.72. The molecule has 1 aliphatic carbocycles. The van der Waals surface area contributed by atoms with Crippen molar-refractivity contribution < 1.29 is 14.7 Å². The molecule has 6 heteroatoms. The Hall–Kier alpha value is -1.43. The number of carboxylic acid groups (broad SMARTS) is 1. The van der Waals surface area contributed by atoms with Gasteiger partial charge in [0, 0.05) is 18.0 Å². The number of aliphatic carboxylic acids is 1. The molecule has 0 unspecified atom stereocenters. The van der Waals surface area contributed by atoms with Crippen molar-refractivity contribution in [3.8, 4) is 0 Å². The summed E-state index contributed by atoms with van der Waals surface area (Å²) in [6, 6.07) is -0.117. The van der Waals surface area contributed by atoms with Gasteiger partial charge in [-0.2, -0.15) is 0 Å². The Bertz CT molecular complexity index is 488. The lowest BCUT2D eigenvalue weighted by Gasteiger charge is -2.48. The molecule has 19 heavy (non-hydrogen) atoms. The van der Waals surface area contributed by atoms with E-state index in [1.54, 1.807) is 10.4 Å². The molecule has 0 aromatic carbocycles. The van der Waals surface area contributed by atoms with E-state index in [0.29, 0.717) is 12.3 Å². The number of piperidine rings is 2. The number of nitrogens with zero attached hydrogens (tertiary/aromatic N) is 2. The topological polar surface area (TPSA) is 70.5 Å². The highest BCUT2D eigenvalue weighted by atomic mass is 32.1. The number of hydrogen-bond donors (Lipinski definition) is 1. The summed E-state index contributed by atoms with van der Waals surface area (Å²) < 4.78 is 0. The smallest absolute Gasteiger partial charge is 0.308 e. The predicted molar refractivity (Wildman–Crippen MR) is 69.8 cm³/mol. The SMILES string of the molecule is O=C(O)[C@@H]1C[C@H]2CC[C@@H]1N(C(=O)Cc1cscn1)C2. The number of carbonyl (C=O) groups excluding carboxylic acids is 1. The molecule has 0 spiro atoms. The Labute approximate surface area is 115 Å². The molecule has 2 saturated heterocycles. The molecule has 1 N–H and O–H groups in total. The molecule has 3 fully saturated rings. The van der Waals surface area contributed by atoms with Gasteiger partial charge < -0.3 is 10.0 Å². The van der Waals surface area contributed by atoms with E-state index >= 15 is 0 Å². The fourth-order valence-electron chi connectivity index (χ4n) is 3.33. The van der Waals surface area contributed by atoms with Gasteiger partial charge in [0.15, 0.2) is 0 Å². The van der Waals surface area contributed by atoms with Crippen LogP contribution in [0, 0.1) is 11.8 Å². The lowest BCUT2D eigenvalue weighted by Crippen LogP contribution is -2.57. The quantitative estimate of drug-likeness (QED) is 0.908. The van der Waals surface area contributed by atoms with Gasteiger partial charge in [-0.25, -0.2) is 4.98 Å². The van der Waals surface area contributed by atoms with E-state index in [0.717, 1.165) is 31.5 Å². The first-order valence-corrected chi connectivity index (χ1v) is 7.48. The molecular weight excluding hydrogens is 264 g/mol. The monoisotopic (exact) mass is 280 g/mol. The molecule has 1 aromatic heterocycles. The highest BCUT2D eigenvalue weighted by Gasteiger charge is 2.45. The zero-order valence-electron chi connectivity index (χ0n) is 10.5. The van der Waals surface area contributed by atoms with E-state index in [2.05, 4.69) is 4.98 Å². The number of thiazole rings is 1. The second-order valence-electron chi connectivity index (χ2n) is 5.39. The van der Waals surface area contributed by atoms with Crippen LogP contribution in [0.25, 0.3) is 0 Å². The molecule has 1 amide bonds. The van der Waals surface area contributed by atoms with Gasteiger partial charge in [-0.15, -0.1) is 11.3 Å². The summed E-state index contributed by atoms with van der Waals surface area (Å²) in [5.74, 6) is -0.773. The molecule has 2 aliphatic heterocycles. The van der Waals surface area contributed by atoms with Crippen LogP contribution in [0.3, 0.4) is 0 Å². The molecule has 5 nitrogen and oxygen atoms in total. The zero-order chi connectivity index (χ0) is 13.4. The van der Waals surface area contributed by atoms with Crippen molar-refractivity contribution in [1.29, 1.82) is 0 Å². The first kappa shape index (κ1) is 12.6. The van der Waals surface area contributed by atoms with E-state index in [-0.39, 0.29) is 17.9 Å². The maximum atomic E-state index is 12.3. The Balaban J connectivity index is 1.73. The zero-order valence-corrected chi connectivity index (χ0v) is 11.3. The number of hydrogen-bond acceptors (Lipinski definition) is 4. The number of carboxylic acids is 1. The number of carbonyl (C=O) groups is 2. The second-order valence-corrected chi connectivity index (χ2v) is 6.11. The molecule has 3 heterocycles. The van der Waals surface area contributed by atoms with E-state index in [4.69, 9.17) is 0 Å². The van der Waals surface area contributed by atoms with E-state index in [9.17, 15) is 14.7 Å². The number of aromatic nitrogens is 1. The van der Waals surface area contributed by atoms with Gasteiger partial charge >= 0.3 is 5.97 Å². The second kappa shape index (κ2) is 4.92. The summed E-state index contributed by atoms with van der Waals surface area (Å²) in [7, 11) is 0. The maximum absolute atomic E-state index is 12.3. The van der Waals surface area contributed by atoms with Gasteiger partial charge in [-0.1, -0.05) is 0 Å². The first-order chi connectivity index (χ1) is 9.15. The highest BCUT2D eigenvalue weighted by Crippen LogP contribution is 2.39. The normalized spacial score (nSPS) is 29.5. The molecule has 2 bridgehead atoms. The standard InChI is InChI=1S/C13H16N2O3S/c16-12(4-9-6-19-7-14-9)15-5-8-1-2-11(15)10(3-8)13(17)18/h6-8,10-11H,1-5H2,(H,17,18)/t8-,10-,11+/m1/s1. The number of fused-ring (bicyclic) bond motifs is 3. The van der Waals surface area contributed by atoms with Crippen LogP contribution in [-0.2, 0) is 16.0 Å². The fourth-order valence-corrected chi connectivity index (χ4v) is 3.89. The van der Waals surface area contributed by atoms with Crippen LogP contribution in [0.2, 0.25) is 0 Å². The average Bonchev–Trinajstić information content (AvgIpc) is 2.91. The molecule has 4 rings (SSSR count). The van der Waals surface area contributed by atoms with Crippen molar-refractivity contribution in [2.45, 2.75) is 31.7 Å². The minimum absolute atomic E-state index is 0.0200. The highest BCUT2D eigenvalue weighted by molar-refractivity contribution is 7.07. The molecule has 3 aliphatic rings. The van der Waals surface area contributed by atoms with Crippen molar-refractivity contribution in [3.05, 3.63) is 16.6 Å². The Morgan fingerprint density at radius 1 is 1.47 bits per heavy atom. The van der Waals surface area contributed by atoms with E-state index in [1.807, 2.05) is 5.38 Å². The van der Waals surface area contributed by atoms with Crippen LogP contribution in [-0.4, -0.2) is 39.5 Å². The minimum Gasteiger partial charge on any atom is -0.481 e. The third-order valence-electron chi connectivity index (χ3n) is 4.23. The Morgan fingerprint density at radius 3 is 2.95 bits per heavy atom.